The zero-order chi connectivity index (χ0) is 12.3. The Labute approximate surface area is 102 Å². The number of aryl methyl sites for hydroxylation is 1. The standard InChI is InChI=1S/C14H19NO2/c1-11-2-4-13(5-3-11)14(17)15-8-6-12(10-15)7-9-16/h2-5,12,16H,6-10H2,1H3. The normalized spacial score (nSPS) is 19.6. The number of benzene rings is 1. The van der Waals surface area contributed by atoms with Gasteiger partial charge < -0.3 is 10.0 Å². The smallest absolute Gasteiger partial charge is 0.253 e. The molecule has 3 heteroatoms. The second-order valence-corrected chi connectivity index (χ2v) is 4.78. The van der Waals surface area contributed by atoms with E-state index in [-0.39, 0.29) is 12.5 Å². The van der Waals surface area contributed by atoms with E-state index in [0.717, 1.165) is 31.5 Å². The Bertz CT molecular complexity index is 386. The lowest BCUT2D eigenvalue weighted by Crippen LogP contribution is -2.28. The first-order valence-electron chi connectivity index (χ1n) is 6.17. The summed E-state index contributed by atoms with van der Waals surface area (Å²) in [6.45, 7) is 3.84. The summed E-state index contributed by atoms with van der Waals surface area (Å²) in [5.74, 6) is 0.583. The number of carbonyl (C=O) groups excluding carboxylic acids is 1. The summed E-state index contributed by atoms with van der Waals surface area (Å²) in [5, 5.41) is 8.90. The predicted molar refractivity (Wildman–Crippen MR) is 66.9 cm³/mol. The van der Waals surface area contributed by atoms with Crippen molar-refractivity contribution in [2.24, 2.45) is 5.92 Å². The van der Waals surface area contributed by atoms with Crippen LogP contribution in [0.5, 0.6) is 0 Å². The highest BCUT2D eigenvalue weighted by molar-refractivity contribution is 5.94. The van der Waals surface area contributed by atoms with Crippen molar-refractivity contribution in [3.8, 4) is 0 Å². The minimum atomic E-state index is 0.116. The average molecular weight is 233 g/mol. The molecule has 0 radical (unpaired) electrons. The van der Waals surface area contributed by atoms with Crippen LogP contribution in [0.2, 0.25) is 0 Å². The summed E-state index contributed by atoms with van der Waals surface area (Å²) in [6.07, 6.45) is 1.82. The molecule has 1 aromatic carbocycles. The Balaban J connectivity index is 1.99. The monoisotopic (exact) mass is 233 g/mol. The van der Waals surface area contributed by atoms with E-state index in [1.54, 1.807) is 0 Å². The van der Waals surface area contributed by atoms with Crippen molar-refractivity contribution in [2.75, 3.05) is 19.7 Å². The number of aliphatic hydroxyl groups excluding tert-OH is 1. The Hall–Kier alpha value is -1.35. The molecule has 1 aliphatic rings. The maximum atomic E-state index is 12.2. The first-order chi connectivity index (χ1) is 8.20. The third kappa shape index (κ3) is 2.86. The number of hydrogen-bond acceptors (Lipinski definition) is 2. The minimum absolute atomic E-state index is 0.116. The molecule has 0 spiro atoms. The number of carbonyl (C=O) groups is 1. The molecule has 1 aliphatic heterocycles. The molecule has 1 N–H and O–H groups in total. The number of hydrogen-bond donors (Lipinski definition) is 1. The van der Waals surface area contributed by atoms with Crippen molar-refractivity contribution in [3.63, 3.8) is 0 Å². The van der Waals surface area contributed by atoms with E-state index in [0.29, 0.717) is 5.92 Å². The van der Waals surface area contributed by atoms with Crippen LogP contribution < -0.4 is 0 Å². The molecule has 92 valence electrons. The van der Waals surface area contributed by atoms with Crippen molar-refractivity contribution < 1.29 is 9.90 Å². The largest absolute Gasteiger partial charge is 0.396 e. The summed E-state index contributed by atoms with van der Waals surface area (Å²) in [4.78, 5) is 14.1. The minimum Gasteiger partial charge on any atom is -0.396 e. The molecule has 0 aliphatic carbocycles. The van der Waals surface area contributed by atoms with Gasteiger partial charge in [-0.1, -0.05) is 17.7 Å². The second kappa shape index (κ2) is 5.32. The lowest BCUT2D eigenvalue weighted by molar-refractivity contribution is 0.0785. The molecule has 1 saturated heterocycles. The Kier molecular flexibility index (Phi) is 3.79. The van der Waals surface area contributed by atoms with Gasteiger partial charge in [-0.3, -0.25) is 4.79 Å². The molecule has 2 rings (SSSR count). The van der Waals surface area contributed by atoms with Gasteiger partial charge in [-0.2, -0.15) is 0 Å². The van der Waals surface area contributed by atoms with Crippen molar-refractivity contribution in [2.45, 2.75) is 19.8 Å². The summed E-state index contributed by atoms with van der Waals surface area (Å²) in [7, 11) is 0. The highest BCUT2D eigenvalue weighted by Crippen LogP contribution is 2.21. The van der Waals surface area contributed by atoms with Gasteiger partial charge in [0.25, 0.3) is 5.91 Å². The summed E-state index contributed by atoms with van der Waals surface area (Å²) >= 11 is 0. The third-order valence-electron chi connectivity index (χ3n) is 3.41. The fourth-order valence-corrected chi connectivity index (χ4v) is 2.31. The van der Waals surface area contributed by atoms with Gasteiger partial charge in [0.15, 0.2) is 0 Å². The van der Waals surface area contributed by atoms with Crippen molar-refractivity contribution in [3.05, 3.63) is 35.4 Å². The SMILES string of the molecule is Cc1ccc(C(=O)N2CCC(CCO)C2)cc1. The highest BCUT2D eigenvalue weighted by Gasteiger charge is 2.26. The Morgan fingerprint density at radius 2 is 2.12 bits per heavy atom. The number of aliphatic hydroxyl groups is 1. The van der Waals surface area contributed by atoms with Gasteiger partial charge in [-0.15, -0.1) is 0 Å². The lowest BCUT2D eigenvalue weighted by Gasteiger charge is -2.16. The Morgan fingerprint density at radius 3 is 2.76 bits per heavy atom. The molecule has 0 aromatic heterocycles. The Morgan fingerprint density at radius 1 is 1.41 bits per heavy atom. The van der Waals surface area contributed by atoms with Crippen LogP contribution >= 0.6 is 0 Å². The van der Waals surface area contributed by atoms with Gasteiger partial charge in [0.2, 0.25) is 0 Å². The number of nitrogens with zero attached hydrogens (tertiary/aromatic N) is 1. The van der Waals surface area contributed by atoms with Gasteiger partial charge in [0.05, 0.1) is 0 Å². The topological polar surface area (TPSA) is 40.5 Å². The molecular weight excluding hydrogens is 214 g/mol. The van der Waals surface area contributed by atoms with Gasteiger partial charge in [0, 0.05) is 25.3 Å². The molecule has 1 fully saturated rings. The number of amides is 1. The van der Waals surface area contributed by atoms with E-state index in [2.05, 4.69) is 0 Å². The van der Waals surface area contributed by atoms with Crippen LogP contribution in [0.3, 0.4) is 0 Å². The molecule has 1 atom stereocenters. The molecule has 0 bridgehead atoms. The van der Waals surface area contributed by atoms with E-state index in [1.807, 2.05) is 36.1 Å². The molecule has 1 heterocycles. The molecule has 1 aromatic rings. The quantitative estimate of drug-likeness (QED) is 0.865. The fourth-order valence-electron chi connectivity index (χ4n) is 2.31. The highest BCUT2D eigenvalue weighted by atomic mass is 16.3. The maximum Gasteiger partial charge on any atom is 0.253 e. The lowest BCUT2D eigenvalue weighted by atomic mass is 10.1. The maximum absolute atomic E-state index is 12.2. The number of rotatable bonds is 3. The molecular formula is C14H19NO2. The average Bonchev–Trinajstić information content (AvgIpc) is 2.78. The van der Waals surface area contributed by atoms with E-state index >= 15 is 0 Å². The van der Waals surface area contributed by atoms with Crippen LogP contribution in [0.1, 0.15) is 28.8 Å². The van der Waals surface area contributed by atoms with Crippen LogP contribution in [0.15, 0.2) is 24.3 Å². The molecule has 17 heavy (non-hydrogen) atoms. The number of likely N-dealkylation sites (tertiary alicyclic amines) is 1. The zero-order valence-electron chi connectivity index (χ0n) is 10.2. The van der Waals surface area contributed by atoms with E-state index < -0.39 is 0 Å². The van der Waals surface area contributed by atoms with Gasteiger partial charge in [0.1, 0.15) is 0 Å². The van der Waals surface area contributed by atoms with Crippen molar-refractivity contribution >= 4 is 5.91 Å². The third-order valence-corrected chi connectivity index (χ3v) is 3.41. The fraction of sp³-hybridized carbons (Fsp3) is 0.500. The van der Waals surface area contributed by atoms with Crippen LogP contribution in [-0.2, 0) is 0 Å². The summed E-state index contributed by atoms with van der Waals surface area (Å²) in [5.41, 5.74) is 1.93. The van der Waals surface area contributed by atoms with Gasteiger partial charge in [-0.25, -0.2) is 0 Å². The van der Waals surface area contributed by atoms with E-state index in [9.17, 15) is 4.79 Å². The molecule has 1 amide bonds. The first kappa shape index (κ1) is 12.1. The van der Waals surface area contributed by atoms with Crippen LogP contribution in [-0.4, -0.2) is 35.6 Å². The van der Waals surface area contributed by atoms with Crippen molar-refractivity contribution in [1.29, 1.82) is 0 Å². The van der Waals surface area contributed by atoms with Crippen LogP contribution in [0.4, 0.5) is 0 Å². The molecule has 3 nitrogen and oxygen atoms in total. The van der Waals surface area contributed by atoms with E-state index in [4.69, 9.17) is 5.11 Å². The van der Waals surface area contributed by atoms with Gasteiger partial charge in [-0.05, 0) is 37.8 Å². The molecule has 1 unspecified atom stereocenters. The van der Waals surface area contributed by atoms with Gasteiger partial charge >= 0.3 is 0 Å². The van der Waals surface area contributed by atoms with Crippen LogP contribution in [0.25, 0.3) is 0 Å². The van der Waals surface area contributed by atoms with Crippen LogP contribution in [0, 0.1) is 12.8 Å². The summed E-state index contributed by atoms with van der Waals surface area (Å²) in [6, 6.07) is 7.71. The first-order valence-corrected chi connectivity index (χ1v) is 6.17. The van der Waals surface area contributed by atoms with Crippen molar-refractivity contribution in [1.82, 2.24) is 4.90 Å². The second-order valence-electron chi connectivity index (χ2n) is 4.78. The summed E-state index contributed by atoms with van der Waals surface area (Å²) < 4.78 is 0. The predicted octanol–water partition coefficient (Wildman–Crippen LogP) is 1.84. The molecule has 0 saturated carbocycles. The zero-order valence-corrected chi connectivity index (χ0v) is 10.2. The van der Waals surface area contributed by atoms with E-state index in [1.165, 1.54) is 5.56 Å².